The molecule has 6 nitrogen and oxygen atoms in total. The minimum atomic E-state index is -0.421. The van der Waals surface area contributed by atoms with Gasteiger partial charge in [0.2, 0.25) is 0 Å². The zero-order chi connectivity index (χ0) is 20.1. The number of ketones is 1. The van der Waals surface area contributed by atoms with Gasteiger partial charge in [0, 0.05) is 5.56 Å². The first kappa shape index (κ1) is 19.6. The Kier molecular flexibility index (Phi) is 6.09. The minimum Gasteiger partial charge on any atom is -0.482 e. The number of esters is 1. The molecule has 0 unspecified atom stereocenters. The molecular formula is C22H23NO5. The van der Waals surface area contributed by atoms with E-state index < -0.39 is 11.9 Å². The lowest BCUT2D eigenvalue weighted by atomic mass is 9.85. The van der Waals surface area contributed by atoms with Gasteiger partial charge in [0.15, 0.2) is 19.0 Å². The monoisotopic (exact) mass is 381 g/mol. The molecule has 0 saturated carbocycles. The summed E-state index contributed by atoms with van der Waals surface area (Å²) in [4.78, 5) is 36.6. The second-order valence-corrected chi connectivity index (χ2v) is 6.85. The maximum Gasteiger partial charge on any atom is 0.314 e. The highest BCUT2D eigenvalue weighted by Crippen LogP contribution is 2.30. The molecule has 28 heavy (non-hydrogen) atoms. The standard InChI is InChI=1S/C22H23NO5/c1-3-14(2)21(15-7-5-4-6-8-15)22(26)28-12-18(24)16-9-10-19-17(11-16)23-20(25)13-27-19/h4-11,14,21H,3,12-13H2,1-2H3,(H,23,25)/t14-,21+/m1/s1. The topological polar surface area (TPSA) is 81.7 Å². The van der Waals surface area contributed by atoms with Crippen LogP contribution in [-0.2, 0) is 14.3 Å². The smallest absolute Gasteiger partial charge is 0.314 e. The van der Waals surface area contributed by atoms with Gasteiger partial charge < -0.3 is 14.8 Å². The van der Waals surface area contributed by atoms with E-state index in [1.807, 2.05) is 44.2 Å². The Balaban J connectivity index is 1.68. The molecule has 0 spiro atoms. The lowest BCUT2D eigenvalue weighted by Gasteiger charge is -2.22. The Bertz CT molecular complexity index is 878. The molecule has 0 aliphatic carbocycles. The molecule has 2 aromatic rings. The molecule has 0 saturated heterocycles. The van der Waals surface area contributed by atoms with Gasteiger partial charge in [-0.05, 0) is 29.7 Å². The van der Waals surface area contributed by atoms with E-state index >= 15 is 0 Å². The van der Waals surface area contributed by atoms with Crippen LogP contribution in [0.25, 0.3) is 0 Å². The van der Waals surface area contributed by atoms with Crippen molar-refractivity contribution in [3.63, 3.8) is 0 Å². The van der Waals surface area contributed by atoms with Crippen molar-refractivity contribution in [2.75, 3.05) is 18.5 Å². The number of rotatable bonds is 7. The van der Waals surface area contributed by atoms with Crippen molar-refractivity contribution in [1.29, 1.82) is 0 Å². The Morgan fingerprint density at radius 2 is 1.93 bits per heavy atom. The van der Waals surface area contributed by atoms with Crippen molar-refractivity contribution in [1.82, 2.24) is 0 Å². The summed E-state index contributed by atoms with van der Waals surface area (Å²) in [6.07, 6.45) is 0.813. The second kappa shape index (κ2) is 8.69. The molecule has 1 aliphatic heterocycles. The van der Waals surface area contributed by atoms with Crippen LogP contribution in [0, 0.1) is 5.92 Å². The van der Waals surface area contributed by atoms with Crippen molar-refractivity contribution < 1.29 is 23.9 Å². The van der Waals surface area contributed by atoms with Crippen LogP contribution < -0.4 is 10.1 Å². The molecule has 0 aromatic heterocycles. The van der Waals surface area contributed by atoms with E-state index in [9.17, 15) is 14.4 Å². The van der Waals surface area contributed by atoms with Crippen LogP contribution in [0.1, 0.15) is 42.1 Å². The van der Waals surface area contributed by atoms with E-state index in [0.717, 1.165) is 12.0 Å². The summed E-state index contributed by atoms with van der Waals surface area (Å²) in [7, 11) is 0. The quantitative estimate of drug-likeness (QED) is 0.586. The molecule has 6 heteroatoms. The molecule has 0 bridgehead atoms. The maximum absolute atomic E-state index is 12.7. The van der Waals surface area contributed by atoms with Gasteiger partial charge in [-0.2, -0.15) is 0 Å². The van der Waals surface area contributed by atoms with Crippen molar-refractivity contribution in [3.05, 3.63) is 59.7 Å². The summed E-state index contributed by atoms with van der Waals surface area (Å²) in [5, 5.41) is 2.66. The fourth-order valence-corrected chi connectivity index (χ4v) is 3.16. The molecule has 2 aromatic carbocycles. The zero-order valence-electron chi connectivity index (χ0n) is 15.9. The van der Waals surface area contributed by atoms with E-state index in [1.165, 1.54) is 6.07 Å². The van der Waals surface area contributed by atoms with Crippen molar-refractivity contribution in [3.8, 4) is 5.75 Å². The number of nitrogens with one attached hydrogen (secondary N) is 1. The van der Waals surface area contributed by atoms with Gasteiger partial charge in [-0.15, -0.1) is 0 Å². The van der Waals surface area contributed by atoms with Gasteiger partial charge in [0.25, 0.3) is 5.91 Å². The number of carbonyl (C=O) groups excluding carboxylic acids is 3. The predicted octanol–water partition coefficient (Wildman–Crippen LogP) is 3.57. The molecule has 146 valence electrons. The third-order valence-corrected chi connectivity index (χ3v) is 4.91. The number of ether oxygens (including phenoxy) is 2. The van der Waals surface area contributed by atoms with Crippen LogP contribution in [0.5, 0.6) is 5.75 Å². The Hall–Kier alpha value is -3.15. The number of hydrogen-bond acceptors (Lipinski definition) is 5. The van der Waals surface area contributed by atoms with E-state index in [4.69, 9.17) is 9.47 Å². The van der Waals surface area contributed by atoms with E-state index in [-0.39, 0.29) is 30.8 Å². The number of benzene rings is 2. The Morgan fingerprint density at radius 1 is 1.18 bits per heavy atom. The number of anilines is 1. The van der Waals surface area contributed by atoms with Crippen LogP contribution in [0.2, 0.25) is 0 Å². The van der Waals surface area contributed by atoms with Crippen molar-refractivity contribution in [2.45, 2.75) is 26.2 Å². The third kappa shape index (κ3) is 4.39. The van der Waals surface area contributed by atoms with Crippen LogP contribution in [0.3, 0.4) is 0 Å². The first-order valence-electron chi connectivity index (χ1n) is 9.31. The Labute approximate surface area is 163 Å². The Morgan fingerprint density at radius 3 is 2.64 bits per heavy atom. The number of Topliss-reactive ketones (excluding diaryl/α,β-unsaturated/α-hetero) is 1. The van der Waals surface area contributed by atoms with Crippen LogP contribution in [0.4, 0.5) is 5.69 Å². The number of amides is 1. The molecule has 2 atom stereocenters. The largest absolute Gasteiger partial charge is 0.482 e. The number of carbonyl (C=O) groups is 3. The van der Waals surface area contributed by atoms with Gasteiger partial charge in [-0.3, -0.25) is 14.4 Å². The number of hydrogen-bond donors (Lipinski definition) is 1. The average Bonchev–Trinajstić information content (AvgIpc) is 2.72. The fraction of sp³-hybridized carbons (Fsp3) is 0.318. The zero-order valence-corrected chi connectivity index (χ0v) is 15.9. The van der Waals surface area contributed by atoms with E-state index in [2.05, 4.69) is 5.32 Å². The van der Waals surface area contributed by atoms with Gasteiger partial charge in [0.05, 0.1) is 11.6 Å². The van der Waals surface area contributed by atoms with Crippen LogP contribution in [-0.4, -0.2) is 30.9 Å². The highest BCUT2D eigenvalue weighted by atomic mass is 16.5. The lowest BCUT2D eigenvalue weighted by molar-refractivity contribution is -0.145. The maximum atomic E-state index is 12.7. The van der Waals surface area contributed by atoms with Crippen molar-refractivity contribution >= 4 is 23.3 Å². The molecule has 1 heterocycles. The third-order valence-electron chi connectivity index (χ3n) is 4.91. The lowest BCUT2D eigenvalue weighted by Crippen LogP contribution is -2.26. The molecule has 0 radical (unpaired) electrons. The SMILES string of the molecule is CC[C@@H](C)[C@H](C(=O)OCC(=O)c1ccc2c(c1)NC(=O)CO2)c1ccccc1. The minimum absolute atomic E-state index is 0.0472. The van der Waals surface area contributed by atoms with Gasteiger partial charge >= 0.3 is 5.97 Å². The highest BCUT2D eigenvalue weighted by molar-refractivity contribution is 6.01. The predicted molar refractivity (Wildman–Crippen MR) is 104 cm³/mol. The van der Waals surface area contributed by atoms with Crippen molar-refractivity contribution in [2.24, 2.45) is 5.92 Å². The first-order chi connectivity index (χ1) is 13.5. The summed E-state index contributed by atoms with van der Waals surface area (Å²) in [5.41, 5.74) is 1.66. The summed E-state index contributed by atoms with van der Waals surface area (Å²) in [5.74, 6) is -0.858. The summed E-state index contributed by atoms with van der Waals surface area (Å²) < 4.78 is 10.6. The molecule has 1 aliphatic rings. The summed E-state index contributed by atoms with van der Waals surface area (Å²) >= 11 is 0. The van der Waals surface area contributed by atoms with E-state index in [1.54, 1.807) is 12.1 Å². The average molecular weight is 381 g/mol. The molecule has 0 fully saturated rings. The van der Waals surface area contributed by atoms with Gasteiger partial charge in [0.1, 0.15) is 5.75 Å². The molecule has 1 amide bonds. The summed E-state index contributed by atoms with van der Waals surface area (Å²) in [6, 6.07) is 14.2. The normalized spacial score (nSPS) is 14.9. The molecule has 3 rings (SSSR count). The number of fused-ring (bicyclic) bond motifs is 1. The first-order valence-corrected chi connectivity index (χ1v) is 9.31. The van der Waals surface area contributed by atoms with Gasteiger partial charge in [-0.25, -0.2) is 0 Å². The summed E-state index contributed by atoms with van der Waals surface area (Å²) in [6.45, 7) is 3.61. The van der Waals surface area contributed by atoms with Crippen LogP contribution >= 0.6 is 0 Å². The molecular weight excluding hydrogens is 358 g/mol. The van der Waals surface area contributed by atoms with Crippen LogP contribution in [0.15, 0.2) is 48.5 Å². The van der Waals surface area contributed by atoms with E-state index in [0.29, 0.717) is 17.0 Å². The van der Waals surface area contributed by atoms with Gasteiger partial charge in [-0.1, -0.05) is 50.6 Å². The highest BCUT2D eigenvalue weighted by Gasteiger charge is 2.28. The fourth-order valence-electron chi connectivity index (χ4n) is 3.16. The second-order valence-electron chi connectivity index (χ2n) is 6.85. The molecule has 1 N–H and O–H groups in total.